The molecule has 2 atom stereocenters. The Kier molecular flexibility index (Phi) is 16.1. The Morgan fingerprint density at radius 2 is 1.45 bits per heavy atom. The fraction of sp³-hybridized carbons (Fsp3) is 0.526. The predicted molar refractivity (Wildman–Crippen MR) is 220 cm³/mol. The van der Waals surface area contributed by atoms with Gasteiger partial charge in [0.2, 0.25) is 5.69 Å². The van der Waals surface area contributed by atoms with E-state index in [0.717, 1.165) is 6.07 Å². The molecule has 2 aliphatic rings. The molecule has 0 amide bonds. The molecule has 22 heteroatoms. The van der Waals surface area contributed by atoms with Crippen LogP contribution in [0.5, 0.6) is 0 Å². The molecule has 334 valence electrons. The van der Waals surface area contributed by atoms with E-state index in [1.54, 1.807) is 36.1 Å². The largest absolute Gasteiger partial charge is 0.744 e. The van der Waals surface area contributed by atoms with Gasteiger partial charge >= 0.3 is 5.97 Å². The van der Waals surface area contributed by atoms with Gasteiger partial charge in [-0.05, 0) is 94.3 Å². The molecular formula is C38H52N2O16S4. The van der Waals surface area contributed by atoms with Gasteiger partial charge in [-0.3, -0.25) is 18.5 Å². The second-order valence-corrected chi connectivity index (χ2v) is 21.1. The molecule has 0 radical (unpaired) electrons. The van der Waals surface area contributed by atoms with Gasteiger partial charge in [0, 0.05) is 67.6 Å². The number of allylic oxidation sites excluding steroid dienone is 4. The van der Waals surface area contributed by atoms with E-state index in [9.17, 15) is 56.7 Å². The van der Waals surface area contributed by atoms with Crippen LogP contribution < -0.4 is 4.90 Å². The smallest absolute Gasteiger partial charge is 0.303 e. The van der Waals surface area contributed by atoms with Crippen molar-refractivity contribution in [3.63, 3.8) is 0 Å². The third-order valence-corrected chi connectivity index (χ3v) is 14.1. The second kappa shape index (κ2) is 19.6. The third kappa shape index (κ3) is 12.5. The quantitative estimate of drug-likeness (QED) is 0.0656. The SMILES string of the molecule is COCCOCCC1(C)C(/C=C/C=C2/N(CCCS(=O)(=O)O)c3ccc(S(=O)(=O)O)cc3C2(C)CCCS(=O)(=O)O)=[N+](CCCCCC(=O)O)c2ccc(S(=O)(=O)[O-])cc21. The van der Waals surface area contributed by atoms with E-state index >= 15 is 0 Å². The lowest BCUT2D eigenvalue weighted by atomic mass is 9.76. The van der Waals surface area contributed by atoms with Crippen molar-refractivity contribution in [3.8, 4) is 0 Å². The first kappa shape index (κ1) is 49.1. The van der Waals surface area contributed by atoms with Crippen molar-refractivity contribution in [2.24, 2.45) is 0 Å². The monoisotopic (exact) mass is 920 g/mol. The van der Waals surface area contributed by atoms with Crippen LogP contribution >= 0.6 is 0 Å². The molecule has 0 aromatic heterocycles. The Balaban J connectivity index is 1.93. The minimum atomic E-state index is -4.87. The molecule has 2 heterocycles. The van der Waals surface area contributed by atoms with Crippen molar-refractivity contribution >= 4 is 63.5 Å². The van der Waals surface area contributed by atoms with E-state index in [4.69, 9.17) is 14.6 Å². The highest BCUT2D eigenvalue weighted by atomic mass is 32.2. The lowest BCUT2D eigenvalue weighted by Gasteiger charge is -2.30. The van der Waals surface area contributed by atoms with Crippen LogP contribution in [0.25, 0.3) is 0 Å². The number of carboxylic acids is 1. The van der Waals surface area contributed by atoms with Gasteiger partial charge in [-0.15, -0.1) is 0 Å². The number of fused-ring (bicyclic) bond motifs is 2. The van der Waals surface area contributed by atoms with Crippen LogP contribution in [-0.2, 0) is 65.6 Å². The fourth-order valence-corrected chi connectivity index (χ4v) is 9.88. The molecule has 18 nitrogen and oxygen atoms in total. The number of hydrogen-bond donors (Lipinski definition) is 4. The van der Waals surface area contributed by atoms with E-state index in [2.05, 4.69) is 0 Å². The molecule has 4 rings (SSSR count). The van der Waals surface area contributed by atoms with Crippen molar-refractivity contribution in [2.45, 2.75) is 85.8 Å². The Labute approximate surface area is 351 Å². The summed E-state index contributed by atoms with van der Waals surface area (Å²) in [6.07, 6.45) is 6.73. The molecule has 0 saturated carbocycles. The number of ether oxygens (including phenoxy) is 2. The lowest BCUT2D eigenvalue weighted by Crippen LogP contribution is -2.33. The zero-order chi connectivity index (χ0) is 44.7. The first-order valence-electron chi connectivity index (χ1n) is 19.0. The summed E-state index contributed by atoms with van der Waals surface area (Å²) < 4.78 is 150. The fourth-order valence-electron chi connectivity index (χ4n) is 7.87. The maximum Gasteiger partial charge on any atom is 0.303 e. The minimum Gasteiger partial charge on any atom is -0.744 e. The van der Waals surface area contributed by atoms with Crippen LogP contribution in [0.1, 0.15) is 76.3 Å². The minimum absolute atomic E-state index is 0.0149. The molecule has 0 aliphatic carbocycles. The van der Waals surface area contributed by atoms with E-state index in [-0.39, 0.29) is 45.4 Å². The summed E-state index contributed by atoms with van der Waals surface area (Å²) in [6, 6.07) is 7.94. The molecule has 0 spiro atoms. The summed E-state index contributed by atoms with van der Waals surface area (Å²) >= 11 is 0. The molecule has 2 aliphatic heterocycles. The van der Waals surface area contributed by atoms with Crippen LogP contribution in [0.4, 0.5) is 11.4 Å². The molecule has 0 saturated heterocycles. The van der Waals surface area contributed by atoms with E-state index in [1.807, 2.05) is 11.5 Å². The number of aliphatic carboxylic acids is 1. The summed E-state index contributed by atoms with van der Waals surface area (Å²) in [5.41, 5.74) is 0.835. The zero-order valence-electron chi connectivity index (χ0n) is 33.5. The van der Waals surface area contributed by atoms with Crippen molar-refractivity contribution < 1.29 is 75.8 Å². The van der Waals surface area contributed by atoms with Crippen LogP contribution in [-0.4, -0.2) is 125 Å². The van der Waals surface area contributed by atoms with Crippen molar-refractivity contribution in [2.75, 3.05) is 56.4 Å². The van der Waals surface area contributed by atoms with Gasteiger partial charge in [0.25, 0.3) is 30.4 Å². The summed E-state index contributed by atoms with van der Waals surface area (Å²) in [5.74, 6) is -2.18. The van der Waals surface area contributed by atoms with Gasteiger partial charge in [-0.1, -0.05) is 6.08 Å². The number of nitrogens with zero attached hydrogens (tertiary/aromatic N) is 2. The summed E-state index contributed by atoms with van der Waals surface area (Å²) in [6.45, 7) is 4.70. The highest BCUT2D eigenvalue weighted by Crippen LogP contribution is 2.51. The summed E-state index contributed by atoms with van der Waals surface area (Å²) in [5, 5.41) is 9.17. The average Bonchev–Trinajstić information content (AvgIpc) is 3.49. The second-order valence-electron chi connectivity index (χ2n) is 15.1. The maximum absolute atomic E-state index is 12.3. The normalized spacial score (nSPS) is 20.4. The number of carbonyl (C=O) groups is 1. The number of benzene rings is 2. The van der Waals surface area contributed by atoms with Crippen LogP contribution in [0.2, 0.25) is 0 Å². The van der Waals surface area contributed by atoms with Gasteiger partial charge in [0.1, 0.15) is 16.7 Å². The van der Waals surface area contributed by atoms with Gasteiger partial charge in [0.15, 0.2) is 5.71 Å². The topological polar surface area (TPSA) is 282 Å². The average molecular weight is 921 g/mol. The van der Waals surface area contributed by atoms with E-state index < -0.39 is 78.6 Å². The molecule has 2 unspecified atom stereocenters. The van der Waals surface area contributed by atoms with Gasteiger partial charge in [-0.25, -0.2) is 8.42 Å². The number of anilines is 1. The van der Waals surface area contributed by atoms with Gasteiger partial charge < -0.3 is 24.0 Å². The standard InChI is InChI=1S/C38H52N2O16S4/c1-37(17-8-24-57(43,44)45)30-26-28(59(49,50)51)13-15-32(30)40(20-9-25-58(46,47)48)34(37)10-7-11-35-38(2,18-21-56-23-22-55-3)31-27-29(60(52,53)54)14-16-33(31)39(35)19-6-4-5-12-36(41)42/h7,10-11,13-16,26-27H,4-6,8-9,12,17-25H2,1-3H3,(H4-,41,42,43,44,45,46,47,48,49,50,51,52,53,54). The number of hydrogen-bond acceptors (Lipinski definition) is 13. The summed E-state index contributed by atoms with van der Waals surface area (Å²) in [4.78, 5) is 12.0. The first-order chi connectivity index (χ1) is 27.8. The van der Waals surface area contributed by atoms with E-state index in [1.165, 1.54) is 31.4 Å². The third-order valence-electron chi connectivity index (χ3n) is 10.8. The highest BCUT2D eigenvalue weighted by molar-refractivity contribution is 7.86. The molecule has 60 heavy (non-hydrogen) atoms. The van der Waals surface area contributed by atoms with E-state index in [0.29, 0.717) is 72.7 Å². The molecule has 0 bridgehead atoms. The molecule has 0 fully saturated rings. The Morgan fingerprint density at radius 3 is 2.07 bits per heavy atom. The predicted octanol–water partition coefficient (Wildman–Crippen LogP) is 4.06. The lowest BCUT2D eigenvalue weighted by molar-refractivity contribution is -0.438. The Hall–Kier alpha value is -3.58. The molecule has 4 N–H and O–H groups in total. The Bertz CT molecular complexity index is 2470. The van der Waals surface area contributed by atoms with Crippen molar-refractivity contribution in [1.82, 2.24) is 0 Å². The number of unbranched alkanes of at least 4 members (excludes halogenated alkanes) is 2. The summed E-state index contributed by atoms with van der Waals surface area (Å²) in [7, 11) is -16.9. The number of rotatable bonds is 24. The van der Waals surface area contributed by atoms with Crippen LogP contribution in [0.3, 0.4) is 0 Å². The van der Waals surface area contributed by atoms with Crippen molar-refractivity contribution in [3.05, 3.63) is 71.5 Å². The van der Waals surface area contributed by atoms with Crippen LogP contribution in [0, 0.1) is 0 Å². The van der Waals surface area contributed by atoms with Gasteiger partial charge in [0.05, 0.1) is 39.9 Å². The maximum atomic E-state index is 12.3. The first-order valence-corrected chi connectivity index (χ1v) is 25.1. The molecule has 2 aromatic carbocycles. The number of carboxylic acid groups (broad SMARTS) is 1. The Morgan fingerprint density at radius 1 is 0.800 bits per heavy atom. The number of methoxy groups -OCH3 is 1. The van der Waals surface area contributed by atoms with Gasteiger partial charge in [-0.2, -0.15) is 29.8 Å². The van der Waals surface area contributed by atoms with Crippen molar-refractivity contribution in [1.29, 1.82) is 0 Å². The molecule has 2 aromatic rings. The highest BCUT2D eigenvalue weighted by Gasteiger charge is 2.48. The zero-order valence-corrected chi connectivity index (χ0v) is 36.8. The molecular weight excluding hydrogens is 869 g/mol. The van der Waals surface area contributed by atoms with Crippen LogP contribution in [0.15, 0.2) is 70.1 Å².